The largest absolute Gasteiger partial charge is 0.744 e. The maximum Gasteiger partial charge on any atom is 0.166 e. The molecule has 246 valence electrons. The van der Waals surface area contributed by atoms with Gasteiger partial charge in [0, 0.05) is 12.4 Å². The fourth-order valence-electron chi connectivity index (χ4n) is 4.31. The van der Waals surface area contributed by atoms with Crippen LogP contribution in [0.5, 0.6) is 17.2 Å². The lowest BCUT2D eigenvalue weighted by Gasteiger charge is -2.21. The van der Waals surface area contributed by atoms with Crippen LogP contribution in [-0.2, 0) is 27.6 Å². The average molecular weight is 672 g/mol. The van der Waals surface area contributed by atoms with Gasteiger partial charge in [0.15, 0.2) is 14.7 Å². The summed E-state index contributed by atoms with van der Waals surface area (Å²) in [6.45, 7) is 12.9. The zero-order chi connectivity index (χ0) is 34.1. The van der Waals surface area contributed by atoms with Crippen LogP contribution in [0.25, 0.3) is 0 Å². The van der Waals surface area contributed by atoms with Crippen molar-refractivity contribution < 1.29 is 27.2 Å². The Hall–Kier alpha value is -4.31. The lowest BCUT2D eigenvalue weighted by Crippen LogP contribution is -2.23. The van der Waals surface area contributed by atoms with Gasteiger partial charge in [-0.2, -0.15) is 0 Å². The highest BCUT2D eigenvalue weighted by atomic mass is 32.2. The third-order valence-electron chi connectivity index (χ3n) is 6.21. The van der Waals surface area contributed by atoms with Crippen LogP contribution < -0.4 is 14.2 Å². The molecular formula is C38H41NO6S2. The van der Waals surface area contributed by atoms with E-state index in [1.165, 1.54) is 39.0 Å². The molecule has 1 aromatic heterocycles. The number of benzene rings is 4. The Kier molecular flexibility index (Phi) is 11.7. The number of hydrogen-bond acceptors (Lipinski definition) is 7. The number of aromatic nitrogens is 1. The maximum atomic E-state index is 10.3. The topological polar surface area (TPSA) is 97.8 Å². The fraction of sp³-hybridized carbons (Fsp3) is 0.237. The van der Waals surface area contributed by atoms with Crippen molar-refractivity contribution >= 4 is 21.0 Å². The van der Waals surface area contributed by atoms with Gasteiger partial charge in [0.25, 0.3) is 0 Å². The molecule has 0 spiro atoms. The molecule has 0 fully saturated rings. The molecule has 0 aliphatic rings. The van der Waals surface area contributed by atoms with Crippen LogP contribution in [0.4, 0.5) is 0 Å². The minimum atomic E-state index is -4.25. The van der Waals surface area contributed by atoms with E-state index in [0.29, 0.717) is 6.61 Å². The van der Waals surface area contributed by atoms with E-state index >= 15 is 0 Å². The van der Waals surface area contributed by atoms with Crippen molar-refractivity contribution in [2.24, 2.45) is 0 Å². The minimum absolute atomic E-state index is 0.185. The summed E-state index contributed by atoms with van der Waals surface area (Å²) in [4.78, 5) is 7.53. The number of pyridine rings is 1. The molecular weight excluding hydrogens is 631 g/mol. The Balaban J connectivity index is 0.000000427. The van der Waals surface area contributed by atoms with Gasteiger partial charge in [-0.05, 0) is 144 Å². The SMILES string of the molecule is CC(C)(C)Oc1ccc([S+](c2ccc(OCc3ccncc3)cc2)c2ccc(OC(C)(C)C)cc2)cc1.O=S(=O)([O-])c1ccccc1. The van der Waals surface area contributed by atoms with Gasteiger partial charge in [-0.15, -0.1) is 0 Å². The Labute approximate surface area is 281 Å². The lowest BCUT2D eigenvalue weighted by atomic mass is 10.2. The smallest absolute Gasteiger partial charge is 0.166 e. The van der Waals surface area contributed by atoms with Crippen LogP contribution in [-0.4, -0.2) is 29.2 Å². The maximum absolute atomic E-state index is 10.3. The van der Waals surface area contributed by atoms with Crippen molar-refractivity contribution in [3.05, 3.63) is 133 Å². The summed E-state index contributed by atoms with van der Waals surface area (Å²) in [7, 11) is -4.55. The first-order chi connectivity index (χ1) is 22.2. The average Bonchev–Trinajstić information content (AvgIpc) is 3.02. The second-order valence-corrected chi connectivity index (χ2v) is 16.0. The summed E-state index contributed by atoms with van der Waals surface area (Å²) in [6, 6.07) is 36.4. The van der Waals surface area contributed by atoms with E-state index in [-0.39, 0.29) is 27.0 Å². The van der Waals surface area contributed by atoms with Crippen LogP contribution in [0, 0.1) is 0 Å². The zero-order valence-corrected chi connectivity index (χ0v) is 29.2. The van der Waals surface area contributed by atoms with Gasteiger partial charge in [-0.3, -0.25) is 4.98 Å². The zero-order valence-electron chi connectivity index (χ0n) is 27.5. The predicted molar refractivity (Wildman–Crippen MR) is 185 cm³/mol. The van der Waals surface area contributed by atoms with Crippen molar-refractivity contribution in [1.82, 2.24) is 4.98 Å². The van der Waals surface area contributed by atoms with Crippen molar-refractivity contribution in [1.29, 1.82) is 0 Å². The Bertz CT molecular complexity index is 1720. The number of nitrogens with zero attached hydrogens (tertiary/aromatic N) is 1. The highest BCUT2D eigenvalue weighted by Crippen LogP contribution is 2.35. The van der Waals surface area contributed by atoms with Gasteiger partial charge in [0.1, 0.15) is 45.2 Å². The van der Waals surface area contributed by atoms with Gasteiger partial charge >= 0.3 is 0 Å². The Morgan fingerprint density at radius 3 is 1.36 bits per heavy atom. The molecule has 0 bridgehead atoms. The van der Waals surface area contributed by atoms with E-state index in [1.807, 2.05) is 24.3 Å². The molecule has 0 aliphatic carbocycles. The molecule has 47 heavy (non-hydrogen) atoms. The third-order valence-corrected chi connectivity index (χ3v) is 9.29. The first-order valence-electron chi connectivity index (χ1n) is 15.1. The molecule has 0 unspecified atom stereocenters. The molecule has 0 radical (unpaired) electrons. The molecule has 0 N–H and O–H groups in total. The van der Waals surface area contributed by atoms with Crippen molar-refractivity contribution in [3.8, 4) is 17.2 Å². The minimum Gasteiger partial charge on any atom is -0.744 e. The van der Waals surface area contributed by atoms with Gasteiger partial charge < -0.3 is 18.8 Å². The summed E-state index contributed by atoms with van der Waals surface area (Å²) in [5, 5.41) is 0. The summed E-state index contributed by atoms with van der Waals surface area (Å²) >= 11 is 0. The molecule has 9 heteroatoms. The van der Waals surface area contributed by atoms with Crippen LogP contribution in [0.1, 0.15) is 47.1 Å². The monoisotopic (exact) mass is 671 g/mol. The second-order valence-electron chi connectivity index (χ2n) is 12.6. The Morgan fingerprint density at radius 2 is 1.00 bits per heavy atom. The van der Waals surface area contributed by atoms with E-state index in [9.17, 15) is 13.0 Å². The quantitative estimate of drug-likeness (QED) is 0.114. The second kappa shape index (κ2) is 15.5. The number of rotatable bonds is 9. The van der Waals surface area contributed by atoms with E-state index < -0.39 is 10.1 Å². The van der Waals surface area contributed by atoms with Gasteiger partial charge in [-0.25, -0.2) is 8.42 Å². The Morgan fingerprint density at radius 1 is 0.596 bits per heavy atom. The van der Waals surface area contributed by atoms with Gasteiger partial charge in [-0.1, -0.05) is 18.2 Å². The van der Waals surface area contributed by atoms with Crippen LogP contribution >= 0.6 is 0 Å². The molecule has 0 saturated heterocycles. The molecule has 4 aromatic carbocycles. The molecule has 7 nitrogen and oxygen atoms in total. The molecule has 0 amide bonds. The van der Waals surface area contributed by atoms with Crippen LogP contribution in [0.3, 0.4) is 0 Å². The van der Waals surface area contributed by atoms with E-state index in [4.69, 9.17) is 14.2 Å². The van der Waals surface area contributed by atoms with Crippen LogP contribution in [0.15, 0.2) is 147 Å². The molecule has 0 aliphatic heterocycles. The molecule has 5 aromatic rings. The van der Waals surface area contributed by atoms with E-state index in [0.717, 1.165) is 22.8 Å². The summed E-state index contributed by atoms with van der Waals surface area (Å²) in [6.07, 6.45) is 3.56. The van der Waals surface area contributed by atoms with Gasteiger partial charge in [0.2, 0.25) is 0 Å². The first kappa shape index (κ1) is 35.5. The highest BCUT2D eigenvalue weighted by molar-refractivity contribution is 7.97. The number of hydrogen-bond donors (Lipinski definition) is 0. The number of ether oxygens (including phenoxy) is 3. The van der Waals surface area contributed by atoms with Crippen molar-refractivity contribution in [2.45, 2.75) is 78.9 Å². The normalized spacial score (nSPS) is 11.7. The fourth-order valence-corrected chi connectivity index (χ4v) is 6.84. The predicted octanol–water partition coefficient (Wildman–Crippen LogP) is 8.70. The summed E-state index contributed by atoms with van der Waals surface area (Å²) < 4.78 is 48.9. The standard InChI is InChI=1S/C32H36NO3S.C6H6O3S/c1-31(2,3)35-26-9-15-29(16-10-26)37(30-17-11-27(12-18-30)36-32(4,5)6)28-13-7-25(8-14-28)34-23-24-19-21-33-22-20-24;7-10(8,9)6-4-2-1-3-5-6/h7-22H,23H2,1-6H3;1-5H,(H,7,8,9)/q+1;/p-1. The first-order valence-corrected chi connectivity index (χ1v) is 17.7. The van der Waals surface area contributed by atoms with Crippen LogP contribution in [0.2, 0.25) is 0 Å². The summed E-state index contributed by atoms with van der Waals surface area (Å²) in [5.74, 6) is 2.58. The highest BCUT2D eigenvalue weighted by Gasteiger charge is 2.29. The lowest BCUT2D eigenvalue weighted by molar-refractivity contribution is 0.130. The molecule has 1 heterocycles. The van der Waals surface area contributed by atoms with Crippen molar-refractivity contribution in [2.75, 3.05) is 0 Å². The van der Waals surface area contributed by atoms with E-state index in [1.54, 1.807) is 18.5 Å². The summed E-state index contributed by atoms with van der Waals surface area (Å²) in [5.41, 5.74) is 0.616. The van der Waals surface area contributed by atoms with Gasteiger partial charge in [0.05, 0.1) is 15.8 Å². The van der Waals surface area contributed by atoms with E-state index in [2.05, 4.69) is 107 Å². The molecule has 0 saturated carbocycles. The molecule has 5 rings (SSSR count). The van der Waals surface area contributed by atoms with Crippen molar-refractivity contribution in [3.63, 3.8) is 0 Å². The third kappa shape index (κ3) is 11.8. The molecule has 0 atom stereocenters.